The first-order valence-electron chi connectivity index (χ1n) is 9.68. The van der Waals surface area contributed by atoms with Gasteiger partial charge in [0.1, 0.15) is 0 Å². The van der Waals surface area contributed by atoms with Gasteiger partial charge in [-0.2, -0.15) is 0 Å². The van der Waals surface area contributed by atoms with E-state index in [1.165, 1.54) is 38.5 Å². The van der Waals surface area contributed by atoms with Gasteiger partial charge in [0.25, 0.3) is 0 Å². The van der Waals surface area contributed by atoms with Gasteiger partial charge < -0.3 is 10.2 Å². The van der Waals surface area contributed by atoms with Gasteiger partial charge in [-0.3, -0.25) is 0 Å². The van der Waals surface area contributed by atoms with Crippen molar-refractivity contribution in [1.29, 1.82) is 0 Å². The van der Waals surface area contributed by atoms with Crippen molar-refractivity contribution in [2.24, 2.45) is 34.5 Å². The molecule has 0 saturated heterocycles. The standard InChI is InChI=1S/C20H34O2/c1-18-9-6-14(21)12-13(18)4-5-15-16(18)7-10-19(2)17(15)8-11-20(19,3)22/h13-17,21-22H,4-12H2,1-3H3/t13-,14+,15-,16+,17+,18-,19+,20-/m0/s1. The summed E-state index contributed by atoms with van der Waals surface area (Å²) in [5.74, 6) is 3.13. The summed E-state index contributed by atoms with van der Waals surface area (Å²) in [4.78, 5) is 0. The van der Waals surface area contributed by atoms with Crippen LogP contribution in [0.1, 0.15) is 78.6 Å². The van der Waals surface area contributed by atoms with Crippen LogP contribution in [0.3, 0.4) is 0 Å². The molecule has 0 aromatic carbocycles. The maximum absolute atomic E-state index is 10.9. The molecule has 4 rings (SSSR count). The highest BCUT2D eigenvalue weighted by Crippen LogP contribution is 2.68. The van der Waals surface area contributed by atoms with E-state index in [4.69, 9.17) is 0 Å². The predicted molar refractivity (Wildman–Crippen MR) is 88.4 cm³/mol. The number of rotatable bonds is 0. The van der Waals surface area contributed by atoms with Crippen LogP contribution in [-0.4, -0.2) is 21.9 Å². The highest BCUT2D eigenvalue weighted by Gasteiger charge is 2.63. The third kappa shape index (κ3) is 1.86. The van der Waals surface area contributed by atoms with Gasteiger partial charge in [0, 0.05) is 0 Å². The van der Waals surface area contributed by atoms with Crippen molar-refractivity contribution >= 4 is 0 Å². The Labute approximate surface area is 135 Å². The van der Waals surface area contributed by atoms with Crippen molar-refractivity contribution in [3.05, 3.63) is 0 Å². The molecule has 0 radical (unpaired) electrons. The SMILES string of the molecule is C[C@]12CC[C@@H](O)C[C@@H]1CC[C@H]1[C@H]2CC[C@]2(C)[C@@H]1CC[C@]2(C)O. The van der Waals surface area contributed by atoms with Crippen molar-refractivity contribution in [2.75, 3.05) is 0 Å². The van der Waals surface area contributed by atoms with Crippen LogP contribution in [0.4, 0.5) is 0 Å². The van der Waals surface area contributed by atoms with Gasteiger partial charge in [-0.25, -0.2) is 0 Å². The molecule has 4 aliphatic carbocycles. The lowest BCUT2D eigenvalue weighted by Gasteiger charge is -2.61. The molecule has 0 aromatic rings. The van der Waals surface area contributed by atoms with Crippen LogP contribution in [-0.2, 0) is 0 Å². The zero-order valence-corrected chi connectivity index (χ0v) is 14.6. The molecular weight excluding hydrogens is 272 g/mol. The Morgan fingerprint density at radius 2 is 1.55 bits per heavy atom. The number of aliphatic hydroxyl groups is 2. The maximum Gasteiger partial charge on any atom is 0.0675 e. The molecule has 0 amide bonds. The number of fused-ring (bicyclic) bond motifs is 5. The van der Waals surface area contributed by atoms with Crippen LogP contribution in [0.15, 0.2) is 0 Å². The molecule has 0 bridgehead atoms. The lowest BCUT2D eigenvalue weighted by atomic mass is 9.44. The summed E-state index contributed by atoms with van der Waals surface area (Å²) in [6.45, 7) is 7.01. The minimum Gasteiger partial charge on any atom is -0.393 e. The molecule has 8 atom stereocenters. The summed E-state index contributed by atoms with van der Waals surface area (Å²) in [5.41, 5.74) is 0.145. The van der Waals surface area contributed by atoms with Gasteiger partial charge >= 0.3 is 0 Å². The van der Waals surface area contributed by atoms with Gasteiger partial charge in [-0.1, -0.05) is 13.8 Å². The molecular formula is C20H34O2. The van der Waals surface area contributed by atoms with Crippen LogP contribution in [0.5, 0.6) is 0 Å². The van der Waals surface area contributed by atoms with Crippen LogP contribution in [0.2, 0.25) is 0 Å². The average molecular weight is 306 g/mol. The molecule has 2 nitrogen and oxygen atoms in total. The van der Waals surface area contributed by atoms with Crippen molar-refractivity contribution in [3.63, 3.8) is 0 Å². The van der Waals surface area contributed by atoms with Crippen molar-refractivity contribution < 1.29 is 10.2 Å². The van der Waals surface area contributed by atoms with E-state index in [0.29, 0.717) is 5.41 Å². The van der Waals surface area contributed by atoms with Gasteiger partial charge in [-0.05, 0) is 99.2 Å². The third-order valence-electron chi connectivity index (χ3n) is 9.20. The summed E-state index contributed by atoms with van der Waals surface area (Å²) in [6.07, 6.45) is 10.6. The Hall–Kier alpha value is -0.0800. The van der Waals surface area contributed by atoms with Crippen molar-refractivity contribution in [2.45, 2.75) is 90.3 Å². The smallest absolute Gasteiger partial charge is 0.0675 e. The van der Waals surface area contributed by atoms with Crippen LogP contribution < -0.4 is 0 Å². The van der Waals surface area contributed by atoms with E-state index in [9.17, 15) is 10.2 Å². The predicted octanol–water partition coefficient (Wildman–Crippen LogP) is 4.14. The second-order valence-corrected chi connectivity index (χ2v) is 9.85. The Balaban J connectivity index is 1.64. The molecule has 2 heteroatoms. The van der Waals surface area contributed by atoms with Crippen LogP contribution >= 0.6 is 0 Å². The second-order valence-electron chi connectivity index (χ2n) is 9.85. The van der Waals surface area contributed by atoms with Crippen LogP contribution in [0.25, 0.3) is 0 Å². The normalized spacial score (nSPS) is 61.2. The van der Waals surface area contributed by atoms with E-state index in [1.807, 2.05) is 0 Å². The average Bonchev–Trinajstić information content (AvgIpc) is 2.70. The first-order valence-corrected chi connectivity index (χ1v) is 9.68. The van der Waals surface area contributed by atoms with E-state index in [-0.39, 0.29) is 11.5 Å². The summed E-state index contributed by atoms with van der Waals surface area (Å²) in [5, 5.41) is 21.0. The second kappa shape index (κ2) is 4.72. The van der Waals surface area contributed by atoms with E-state index in [1.54, 1.807) is 0 Å². The molecule has 0 aromatic heterocycles. The largest absolute Gasteiger partial charge is 0.393 e. The minimum atomic E-state index is -0.455. The number of hydrogen-bond acceptors (Lipinski definition) is 2. The lowest BCUT2D eigenvalue weighted by molar-refractivity contribution is -0.153. The molecule has 4 saturated carbocycles. The molecule has 0 spiro atoms. The highest BCUT2D eigenvalue weighted by molar-refractivity contribution is 5.12. The van der Waals surface area contributed by atoms with Gasteiger partial charge in [0.15, 0.2) is 0 Å². The fraction of sp³-hybridized carbons (Fsp3) is 1.00. The van der Waals surface area contributed by atoms with Crippen molar-refractivity contribution in [3.8, 4) is 0 Å². The summed E-state index contributed by atoms with van der Waals surface area (Å²) >= 11 is 0. The quantitative estimate of drug-likeness (QED) is 0.706. The Morgan fingerprint density at radius 1 is 0.818 bits per heavy atom. The zero-order chi connectivity index (χ0) is 15.8. The molecule has 4 aliphatic rings. The minimum absolute atomic E-state index is 0.0457. The summed E-state index contributed by atoms with van der Waals surface area (Å²) < 4.78 is 0. The van der Waals surface area contributed by atoms with E-state index >= 15 is 0 Å². The monoisotopic (exact) mass is 306 g/mol. The Kier molecular flexibility index (Phi) is 3.32. The zero-order valence-electron chi connectivity index (χ0n) is 14.6. The topological polar surface area (TPSA) is 40.5 Å². The fourth-order valence-electron chi connectivity index (χ4n) is 7.48. The summed E-state index contributed by atoms with van der Waals surface area (Å²) in [6, 6.07) is 0. The maximum atomic E-state index is 10.9. The molecule has 0 unspecified atom stereocenters. The molecule has 4 fully saturated rings. The molecule has 126 valence electrons. The molecule has 0 heterocycles. The molecule has 2 N–H and O–H groups in total. The van der Waals surface area contributed by atoms with E-state index in [2.05, 4.69) is 20.8 Å². The summed E-state index contributed by atoms with van der Waals surface area (Å²) in [7, 11) is 0. The van der Waals surface area contributed by atoms with Gasteiger partial charge in [-0.15, -0.1) is 0 Å². The van der Waals surface area contributed by atoms with E-state index in [0.717, 1.165) is 42.9 Å². The lowest BCUT2D eigenvalue weighted by Crippen LogP contribution is -2.56. The first kappa shape index (κ1) is 15.4. The first-order chi connectivity index (χ1) is 10.3. The number of hydrogen-bond donors (Lipinski definition) is 2. The Bertz CT molecular complexity index is 459. The van der Waals surface area contributed by atoms with Gasteiger partial charge in [0.2, 0.25) is 0 Å². The van der Waals surface area contributed by atoms with Gasteiger partial charge in [0.05, 0.1) is 11.7 Å². The highest BCUT2D eigenvalue weighted by atomic mass is 16.3. The molecule has 0 aliphatic heterocycles. The fourth-order valence-corrected chi connectivity index (χ4v) is 7.48. The van der Waals surface area contributed by atoms with Crippen molar-refractivity contribution in [1.82, 2.24) is 0 Å². The number of aliphatic hydroxyl groups excluding tert-OH is 1. The third-order valence-corrected chi connectivity index (χ3v) is 9.20. The molecule has 22 heavy (non-hydrogen) atoms. The Morgan fingerprint density at radius 3 is 2.32 bits per heavy atom. The van der Waals surface area contributed by atoms with E-state index < -0.39 is 5.60 Å². The van der Waals surface area contributed by atoms with Crippen LogP contribution in [0, 0.1) is 34.5 Å².